The maximum absolute atomic E-state index is 12.7. The van der Waals surface area contributed by atoms with Crippen LogP contribution < -0.4 is 0 Å². The largest absolute Gasteiger partial charge is 0.481 e. The first-order chi connectivity index (χ1) is 8.15. The normalized spacial score (nSPS) is 10.4. The fourth-order valence-electron chi connectivity index (χ4n) is 1.39. The van der Waals surface area contributed by atoms with Gasteiger partial charge in [0.05, 0.1) is 17.1 Å². The number of carboxylic acid groups (broad SMARTS) is 1. The highest BCUT2D eigenvalue weighted by molar-refractivity contribution is 7.09. The predicted molar refractivity (Wildman–Crippen MR) is 63.5 cm³/mol. The average Bonchev–Trinajstić information content (AvgIpc) is 2.76. The minimum absolute atomic E-state index is 0.0797. The maximum atomic E-state index is 12.7. The molecular weight excluding hydrogens is 241 g/mol. The highest BCUT2D eigenvalue weighted by atomic mass is 32.1. The molecule has 0 saturated carbocycles. The Morgan fingerprint density at radius 3 is 2.71 bits per heavy atom. The predicted octanol–water partition coefficient (Wildman–Crippen LogP) is 2.97. The van der Waals surface area contributed by atoms with Crippen molar-refractivity contribution in [1.82, 2.24) is 4.98 Å². The molecule has 0 unspecified atom stereocenters. The van der Waals surface area contributed by atoms with Crippen LogP contribution in [0.4, 0.5) is 4.39 Å². The number of aromatic nitrogens is 1. The van der Waals surface area contributed by atoms with Crippen LogP contribution in [0.3, 0.4) is 0 Å². The van der Waals surface area contributed by atoms with E-state index in [1.165, 1.54) is 23.5 Å². The molecule has 88 valence electrons. The van der Waals surface area contributed by atoms with Gasteiger partial charge in [-0.1, -0.05) is 0 Å². The van der Waals surface area contributed by atoms with E-state index in [4.69, 9.17) is 5.11 Å². The van der Waals surface area contributed by atoms with Crippen LogP contribution in [-0.4, -0.2) is 16.1 Å². The van der Waals surface area contributed by atoms with E-state index in [-0.39, 0.29) is 12.2 Å². The minimum atomic E-state index is -0.830. The summed E-state index contributed by atoms with van der Waals surface area (Å²) >= 11 is 1.42. The zero-order valence-corrected chi connectivity index (χ0v) is 9.71. The Balaban J connectivity index is 2.12. The van der Waals surface area contributed by atoms with Crippen molar-refractivity contribution in [3.63, 3.8) is 0 Å². The quantitative estimate of drug-likeness (QED) is 0.908. The average molecular weight is 251 g/mol. The summed E-state index contributed by atoms with van der Waals surface area (Å²) in [7, 11) is 0. The Hall–Kier alpha value is -1.75. The van der Waals surface area contributed by atoms with Gasteiger partial charge in [-0.15, -0.1) is 11.3 Å². The Kier molecular flexibility index (Phi) is 3.49. The molecule has 2 aromatic rings. The number of aryl methyl sites for hydroxylation is 1. The second-order valence-electron chi connectivity index (χ2n) is 3.53. The van der Waals surface area contributed by atoms with Crippen LogP contribution in [0.2, 0.25) is 0 Å². The fraction of sp³-hybridized carbons (Fsp3) is 0.167. The highest BCUT2D eigenvalue weighted by Crippen LogP contribution is 2.22. The number of hydrogen-bond acceptors (Lipinski definition) is 3. The molecule has 1 aromatic heterocycles. The molecule has 1 heterocycles. The number of nitrogens with zero attached hydrogens (tertiary/aromatic N) is 1. The third-order valence-corrected chi connectivity index (χ3v) is 3.15. The van der Waals surface area contributed by atoms with E-state index < -0.39 is 5.97 Å². The van der Waals surface area contributed by atoms with Gasteiger partial charge in [0.1, 0.15) is 5.82 Å². The third kappa shape index (κ3) is 3.10. The summed E-state index contributed by atoms with van der Waals surface area (Å²) in [5.41, 5.74) is 1.60. The van der Waals surface area contributed by atoms with Crippen molar-refractivity contribution in [2.45, 2.75) is 12.8 Å². The van der Waals surface area contributed by atoms with Crippen molar-refractivity contribution >= 4 is 17.3 Å². The lowest BCUT2D eigenvalue weighted by Crippen LogP contribution is -1.96. The van der Waals surface area contributed by atoms with Crippen molar-refractivity contribution in [3.8, 4) is 11.3 Å². The summed E-state index contributed by atoms with van der Waals surface area (Å²) in [4.78, 5) is 14.7. The Morgan fingerprint density at radius 1 is 1.35 bits per heavy atom. The van der Waals surface area contributed by atoms with Gasteiger partial charge in [-0.3, -0.25) is 4.79 Å². The molecule has 0 aliphatic heterocycles. The summed E-state index contributed by atoms with van der Waals surface area (Å²) in [6, 6.07) is 6.08. The first kappa shape index (κ1) is 11.7. The van der Waals surface area contributed by atoms with E-state index >= 15 is 0 Å². The highest BCUT2D eigenvalue weighted by Gasteiger charge is 2.06. The Labute approximate surface area is 102 Å². The van der Waals surface area contributed by atoms with Crippen molar-refractivity contribution in [1.29, 1.82) is 0 Å². The van der Waals surface area contributed by atoms with E-state index in [1.807, 2.05) is 5.38 Å². The van der Waals surface area contributed by atoms with Gasteiger partial charge in [0, 0.05) is 17.4 Å². The fourth-order valence-corrected chi connectivity index (χ4v) is 2.20. The van der Waals surface area contributed by atoms with Crippen LogP contribution in [0.15, 0.2) is 29.6 Å². The second kappa shape index (κ2) is 5.05. The summed E-state index contributed by atoms with van der Waals surface area (Å²) in [5, 5.41) is 11.2. The monoisotopic (exact) mass is 251 g/mol. The molecule has 0 aliphatic rings. The van der Waals surface area contributed by atoms with E-state index in [0.29, 0.717) is 6.42 Å². The molecule has 0 fully saturated rings. The molecule has 0 saturated heterocycles. The Morgan fingerprint density at radius 2 is 2.06 bits per heavy atom. The summed E-state index contributed by atoms with van der Waals surface area (Å²) in [6.07, 6.45) is 0.511. The summed E-state index contributed by atoms with van der Waals surface area (Å²) < 4.78 is 12.7. The zero-order chi connectivity index (χ0) is 12.3. The van der Waals surface area contributed by atoms with E-state index in [2.05, 4.69) is 4.98 Å². The second-order valence-corrected chi connectivity index (χ2v) is 4.47. The number of carbonyl (C=O) groups is 1. The third-order valence-electron chi connectivity index (χ3n) is 2.24. The molecule has 17 heavy (non-hydrogen) atoms. The van der Waals surface area contributed by atoms with Crippen molar-refractivity contribution < 1.29 is 14.3 Å². The molecule has 1 N–H and O–H groups in total. The summed E-state index contributed by atoms with van der Waals surface area (Å²) in [5.74, 6) is -1.11. The molecule has 3 nitrogen and oxygen atoms in total. The molecule has 0 amide bonds. The lowest BCUT2D eigenvalue weighted by atomic mass is 10.2. The van der Waals surface area contributed by atoms with Crippen molar-refractivity contribution in [3.05, 3.63) is 40.5 Å². The van der Waals surface area contributed by atoms with Gasteiger partial charge in [0.15, 0.2) is 0 Å². The van der Waals surface area contributed by atoms with E-state index in [0.717, 1.165) is 16.3 Å². The van der Waals surface area contributed by atoms with Crippen LogP contribution >= 0.6 is 11.3 Å². The van der Waals surface area contributed by atoms with E-state index in [9.17, 15) is 9.18 Å². The SMILES string of the molecule is O=C(O)CCc1nc(-c2ccc(F)cc2)cs1. The minimum Gasteiger partial charge on any atom is -0.481 e. The van der Waals surface area contributed by atoms with Crippen LogP contribution in [0.1, 0.15) is 11.4 Å². The molecule has 0 atom stereocenters. The van der Waals surface area contributed by atoms with Crippen LogP contribution in [0.25, 0.3) is 11.3 Å². The number of benzene rings is 1. The van der Waals surface area contributed by atoms with Gasteiger partial charge < -0.3 is 5.11 Å². The molecular formula is C12H10FNO2S. The standard InChI is InChI=1S/C12H10FNO2S/c13-9-3-1-8(2-4-9)10-7-17-11(14-10)5-6-12(15)16/h1-4,7H,5-6H2,(H,15,16). The van der Waals surface area contributed by atoms with Gasteiger partial charge in [-0.25, -0.2) is 9.37 Å². The van der Waals surface area contributed by atoms with E-state index in [1.54, 1.807) is 12.1 Å². The smallest absolute Gasteiger partial charge is 0.303 e. The van der Waals surface area contributed by atoms with Gasteiger partial charge in [0.2, 0.25) is 0 Å². The number of thiazole rings is 1. The zero-order valence-electron chi connectivity index (χ0n) is 8.89. The van der Waals surface area contributed by atoms with Gasteiger partial charge >= 0.3 is 5.97 Å². The molecule has 5 heteroatoms. The topological polar surface area (TPSA) is 50.2 Å². The van der Waals surface area contributed by atoms with Gasteiger partial charge in [0.25, 0.3) is 0 Å². The molecule has 1 aromatic carbocycles. The molecule has 2 rings (SSSR count). The first-order valence-electron chi connectivity index (χ1n) is 5.07. The lowest BCUT2D eigenvalue weighted by Gasteiger charge is -1.95. The number of hydrogen-bond donors (Lipinski definition) is 1. The van der Waals surface area contributed by atoms with Crippen LogP contribution in [0, 0.1) is 5.82 Å². The lowest BCUT2D eigenvalue weighted by molar-refractivity contribution is -0.136. The van der Waals surface area contributed by atoms with Crippen molar-refractivity contribution in [2.75, 3.05) is 0 Å². The molecule has 0 spiro atoms. The summed E-state index contributed by atoms with van der Waals surface area (Å²) in [6.45, 7) is 0. The maximum Gasteiger partial charge on any atom is 0.303 e. The number of carboxylic acids is 1. The molecule has 0 aliphatic carbocycles. The molecule has 0 radical (unpaired) electrons. The van der Waals surface area contributed by atoms with Gasteiger partial charge in [-0.2, -0.15) is 0 Å². The number of halogens is 1. The number of rotatable bonds is 4. The van der Waals surface area contributed by atoms with Crippen LogP contribution in [-0.2, 0) is 11.2 Å². The first-order valence-corrected chi connectivity index (χ1v) is 5.95. The van der Waals surface area contributed by atoms with Crippen molar-refractivity contribution in [2.24, 2.45) is 0 Å². The van der Waals surface area contributed by atoms with Gasteiger partial charge in [-0.05, 0) is 24.3 Å². The Bertz CT molecular complexity index is 522. The van der Waals surface area contributed by atoms with Crippen LogP contribution in [0.5, 0.6) is 0 Å². The number of aliphatic carboxylic acids is 1. The molecule has 0 bridgehead atoms.